The van der Waals surface area contributed by atoms with Crippen LogP contribution in [-0.4, -0.2) is 45.2 Å². The molecule has 0 saturated carbocycles. The molecule has 0 atom stereocenters. The van der Waals surface area contributed by atoms with E-state index in [4.69, 9.17) is 23.2 Å². The van der Waals surface area contributed by atoms with Gasteiger partial charge in [0, 0.05) is 12.3 Å². The average molecular weight is 281 g/mol. The highest BCUT2D eigenvalue weighted by molar-refractivity contribution is 7.99. The van der Waals surface area contributed by atoms with Gasteiger partial charge in [-0.15, -0.1) is 0 Å². The Morgan fingerprint density at radius 1 is 1.06 bits per heavy atom. The molecule has 1 heterocycles. The lowest BCUT2D eigenvalue weighted by Gasteiger charge is -2.16. The predicted molar refractivity (Wildman–Crippen MR) is 68.4 cm³/mol. The zero-order valence-corrected chi connectivity index (χ0v) is 11.6. The van der Waals surface area contributed by atoms with Gasteiger partial charge in [-0.2, -0.15) is 15.0 Å². The molecular weight excluding hydrogens is 267 g/mol. The SMILES string of the molecule is CCN(CC)CCSc1nc(Cl)nc(Cl)n1. The molecule has 0 fully saturated rings. The van der Waals surface area contributed by atoms with Gasteiger partial charge in [0.05, 0.1) is 0 Å². The standard InChI is InChI=1S/C9H14Cl2N4S/c1-3-15(4-2)5-6-16-9-13-7(10)12-8(11)14-9/h3-6H2,1-2H3. The molecule has 1 aromatic heterocycles. The highest BCUT2D eigenvalue weighted by atomic mass is 35.5. The van der Waals surface area contributed by atoms with Crippen molar-refractivity contribution in [2.75, 3.05) is 25.4 Å². The largest absolute Gasteiger partial charge is 0.303 e. The molecule has 0 aromatic carbocycles. The summed E-state index contributed by atoms with van der Waals surface area (Å²) in [6, 6.07) is 0. The molecule has 0 aliphatic carbocycles. The molecule has 0 aliphatic heterocycles. The third-order valence-corrected chi connectivity index (χ3v) is 3.26. The lowest BCUT2D eigenvalue weighted by Crippen LogP contribution is -2.25. The first-order chi connectivity index (χ1) is 7.65. The molecule has 1 aromatic rings. The van der Waals surface area contributed by atoms with E-state index >= 15 is 0 Å². The average Bonchev–Trinajstić information content (AvgIpc) is 2.23. The second-order valence-electron chi connectivity index (χ2n) is 3.03. The van der Waals surface area contributed by atoms with E-state index in [0.29, 0.717) is 5.16 Å². The van der Waals surface area contributed by atoms with Crippen molar-refractivity contribution < 1.29 is 0 Å². The Morgan fingerprint density at radius 2 is 1.62 bits per heavy atom. The zero-order valence-electron chi connectivity index (χ0n) is 9.28. The molecule has 0 amide bonds. The molecular formula is C9H14Cl2N4S. The molecule has 0 unspecified atom stereocenters. The summed E-state index contributed by atoms with van der Waals surface area (Å²) in [5, 5.41) is 0.868. The number of hydrogen-bond acceptors (Lipinski definition) is 5. The van der Waals surface area contributed by atoms with E-state index in [9.17, 15) is 0 Å². The van der Waals surface area contributed by atoms with Crippen molar-refractivity contribution in [2.45, 2.75) is 19.0 Å². The monoisotopic (exact) mass is 280 g/mol. The van der Waals surface area contributed by atoms with E-state index in [2.05, 4.69) is 33.7 Å². The predicted octanol–water partition coefficient (Wildman–Crippen LogP) is 2.61. The van der Waals surface area contributed by atoms with E-state index in [0.717, 1.165) is 25.4 Å². The van der Waals surface area contributed by atoms with Crippen molar-refractivity contribution in [3.8, 4) is 0 Å². The van der Waals surface area contributed by atoms with Crippen LogP contribution < -0.4 is 0 Å². The number of thioether (sulfide) groups is 1. The van der Waals surface area contributed by atoms with Crippen LogP contribution in [0, 0.1) is 0 Å². The number of halogens is 2. The van der Waals surface area contributed by atoms with Gasteiger partial charge in [0.2, 0.25) is 10.6 Å². The van der Waals surface area contributed by atoms with Gasteiger partial charge in [-0.05, 0) is 36.3 Å². The summed E-state index contributed by atoms with van der Waals surface area (Å²) in [6.07, 6.45) is 0. The molecule has 0 aliphatic rings. The van der Waals surface area contributed by atoms with E-state index in [1.165, 1.54) is 11.8 Å². The second kappa shape index (κ2) is 7.27. The molecule has 90 valence electrons. The van der Waals surface area contributed by atoms with Gasteiger partial charge in [0.15, 0.2) is 5.16 Å². The van der Waals surface area contributed by atoms with Crippen LogP contribution in [0.1, 0.15) is 13.8 Å². The third kappa shape index (κ3) is 4.82. The number of rotatable bonds is 6. The van der Waals surface area contributed by atoms with Crippen molar-refractivity contribution in [2.24, 2.45) is 0 Å². The van der Waals surface area contributed by atoms with Crippen LogP contribution in [0.25, 0.3) is 0 Å². The maximum atomic E-state index is 5.68. The minimum absolute atomic E-state index is 0.144. The molecule has 1 rings (SSSR count). The van der Waals surface area contributed by atoms with Crippen LogP contribution in [0.2, 0.25) is 10.6 Å². The van der Waals surface area contributed by atoms with Gasteiger partial charge in [0.1, 0.15) is 0 Å². The van der Waals surface area contributed by atoms with Crippen LogP contribution in [0.3, 0.4) is 0 Å². The lowest BCUT2D eigenvalue weighted by atomic mass is 10.5. The number of nitrogens with zero attached hydrogens (tertiary/aromatic N) is 4. The maximum Gasteiger partial charge on any atom is 0.227 e. The quantitative estimate of drug-likeness (QED) is 0.750. The van der Waals surface area contributed by atoms with Gasteiger partial charge < -0.3 is 4.90 Å². The summed E-state index contributed by atoms with van der Waals surface area (Å²) in [4.78, 5) is 14.0. The Bertz CT molecular complexity index is 313. The second-order valence-corrected chi connectivity index (χ2v) is 4.77. The van der Waals surface area contributed by atoms with E-state index < -0.39 is 0 Å². The van der Waals surface area contributed by atoms with Crippen molar-refractivity contribution in [3.05, 3.63) is 10.6 Å². The van der Waals surface area contributed by atoms with Crippen molar-refractivity contribution in [1.82, 2.24) is 19.9 Å². The number of hydrogen-bond donors (Lipinski definition) is 0. The first kappa shape index (κ1) is 14.0. The fourth-order valence-electron chi connectivity index (χ4n) is 1.18. The topological polar surface area (TPSA) is 41.9 Å². The van der Waals surface area contributed by atoms with Gasteiger partial charge in [-0.3, -0.25) is 0 Å². The Morgan fingerprint density at radius 3 is 2.12 bits per heavy atom. The van der Waals surface area contributed by atoms with Crippen molar-refractivity contribution in [3.63, 3.8) is 0 Å². The van der Waals surface area contributed by atoms with Crippen molar-refractivity contribution >= 4 is 35.0 Å². The Labute approximate surface area is 110 Å². The van der Waals surface area contributed by atoms with E-state index in [-0.39, 0.29) is 10.6 Å². The van der Waals surface area contributed by atoms with Crippen molar-refractivity contribution in [1.29, 1.82) is 0 Å². The zero-order chi connectivity index (χ0) is 12.0. The fourth-order valence-corrected chi connectivity index (χ4v) is 2.48. The van der Waals surface area contributed by atoms with Gasteiger partial charge in [0.25, 0.3) is 0 Å². The molecule has 0 radical (unpaired) electrons. The Hall–Kier alpha value is -0.100. The van der Waals surface area contributed by atoms with E-state index in [1.54, 1.807) is 0 Å². The van der Waals surface area contributed by atoms with Crippen LogP contribution in [0.15, 0.2) is 5.16 Å². The summed E-state index contributed by atoms with van der Waals surface area (Å²) in [5.74, 6) is 0.915. The molecule has 0 N–H and O–H groups in total. The molecule has 7 heteroatoms. The summed E-state index contributed by atoms with van der Waals surface area (Å²) in [6.45, 7) is 7.39. The van der Waals surface area contributed by atoms with Crippen LogP contribution in [-0.2, 0) is 0 Å². The fraction of sp³-hybridized carbons (Fsp3) is 0.667. The maximum absolute atomic E-state index is 5.68. The molecule has 4 nitrogen and oxygen atoms in total. The third-order valence-electron chi connectivity index (χ3n) is 2.09. The van der Waals surface area contributed by atoms with Gasteiger partial charge in [-0.1, -0.05) is 25.6 Å². The highest BCUT2D eigenvalue weighted by Gasteiger charge is 2.05. The van der Waals surface area contributed by atoms with Crippen LogP contribution in [0.4, 0.5) is 0 Å². The molecule has 0 spiro atoms. The van der Waals surface area contributed by atoms with E-state index in [1.807, 2.05) is 0 Å². The molecule has 0 bridgehead atoms. The Kier molecular flexibility index (Phi) is 6.34. The van der Waals surface area contributed by atoms with Gasteiger partial charge in [-0.25, -0.2) is 0 Å². The smallest absolute Gasteiger partial charge is 0.227 e. The van der Waals surface area contributed by atoms with Crippen LogP contribution >= 0.6 is 35.0 Å². The first-order valence-electron chi connectivity index (χ1n) is 5.08. The summed E-state index contributed by atoms with van der Waals surface area (Å²) in [5.41, 5.74) is 0. The minimum atomic E-state index is 0.144. The Balaban J connectivity index is 2.42. The lowest BCUT2D eigenvalue weighted by molar-refractivity contribution is 0.324. The van der Waals surface area contributed by atoms with Crippen LogP contribution in [0.5, 0.6) is 0 Å². The summed E-state index contributed by atoms with van der Waals surface area (Å²) >= 11 is 12.9. The summed E-state index contributed by atoms with van der Waals surface area (Å²) < 4.78 is 0. The normalized spacial score (nSPS) is 11.1. The molecule has 16 heavy (non-hydrogen) atoms. The molecule has 0 saturated heterocycles. The summed E-state index contributed by atoms with van der Waals surface area (Å²) in [7, 11) is 0. The minimum Gasteiger partial charge on any atom is -0.303 e. The highest BCUT2D eigenvalue weighted by Crippen LogP contribution is 2.16. The number of aromatic nitrogens is 3. The first-order valence-corrected chi connectivity index (χ1v) is 6.82. The van der Waals surface area contributed by atoms with Gasteiger partial charge >= 0.3 is 0 Å².